The van der Waals surface area contributed by atoms with Crippen molar-refractivity contribution in [2.75, 3.05) is 10.7 Å². The molecule has 0 atom stereocenters. The Kier molecular flexibility index (Phi) is 3.36. The first kappa shape index (κ1) is 15.2. The molecule has 9 heteroatoms. The summed E-state index contributed by atoms with van der Waals surface area (Å²) in [4.78, 5) is 1.23. The molecule has 4 rings (SSSR count). The first-order valence-electron chi connectivity index (χ1n) is 6.71. The van der Waals surface area contributed by atoms with Crippen LogP contribution in [0.25, 0.3) is 11.1 Å². The number of fused-ring (bicyclic) bond motifs is 2. The minimum Gasteiger partial charge on any atom is -0.334 e. The molecule has 2 heterocycles. The lowest BCUT2D eigenvalue weighted by atomic mass is 10.1. The summed E-state index contributed by atoms with van der Waals surface area (Å²) in [6.45, 7) is 0. The van der Waals surface area contributed by atoms with Gasteiger partial charge in [-0.25, -0.2) is 13.2 Å². The van der Waals surface area contributed by atoms with Gasteiger partial charge in [0.1, 0.15) is 17.3 Å². The van der Waals surface area contributed by atoms with Crippen molar-refractivity contribution in [3.05, 3.63) is 58.0 Å². The molecule has 0 radical (unpaired) electrons. The van der Waals surface area contributed by atoms with Crippen LogP contribution in [0.5, 0.6) is 0 Å². The Morgan fingerprint density at radius 1 is 1.00 bits per heavy atom. The fourth-order valence-electron chi connectivity index (χ4n) is 2.54. The molecule has 0 saturated carbocycles. The first-order chi connectivity index (χ1) is 11.4. The maximum absolute atomic E-state index is 14.0. The molecular formula is C15H7Cl2F3N4. The van der Waals surface area contributed by atoms with E-state index >= 15 is 0 Å². The molecule has 0 amide bonds. The molecule has 3 aromatic rings. The maximum Gasteiger partial charge on any atom is 0.163 e. The van der Waals surface area contributed by atoms with Crippen molar-refractivity contribution in [1.29, 1.82) is 0 Å². The van der Waals surface area contributed by atoms with Gasteiger partial charge < -0.3 is 5.32 Å². The Morgan fingerprint density at radius 3 is 2.54 bits per heavy atom. The Morgan fingerprint density at radius 2 is 1.79 bits per heavy atom. The summed E-state index contributed by atoms with van der Waals surface area (Å²) >= 11 is 12.2. The van der Waals surface area contributed by atoms with Crippen LogP contribution in [0.4, 0.5) is 30.4 Å². The van der Waals surface area contributed by atoms with E-state index in [1.807, 2.05) is 0 Å². The van der Waals surface area contributed by atoms with Gasteiger partial charge in [0.2, 0.25) is 0 Å². The highest BCUT2D eigenvalue weighted by Gasteiger charge is 2.27. The van der Waals surface area contributed by atoms with Crippen LogP contribution >= 0.6 is 23.2 Å². The highest BCUT2D eigenvalue weighted by atomic mass is 35.5. The van der Waals surface area contributed by atoms with Crippen molar-refractivity contribution in [3.8, 4) is 11.1 Å². The quantitative estimate of drug-likeness (QED) is 0.483. The number of anilines is 3. The second-order valence-electron chi connectivity index (χ2n) is 5.10. The highest BCUT2D eigenvalue weighted by molar-refractivity contribution is 6.36. The van der Waals surface area contributed by atoms with E-state index in [1.54, 1.807) is 0 Å². The molecule has 0 fully saturated rings. The standard InChI is InChI=1S/C15H7Cl2F3N4/c16-9-3-6(18)1-2-8(9)12-14(17)23-24-15(12)21-13-10(20)4-7(19)5-11(13)22-24/h1-5,21-22H. The van der Waals surface area contributed by atoms with Crippen molar-refractivity contribution in [2.45, 2.75) is 0 Å². The molecule has 0 aliphatic carbocycles. The Labute approximate surface area is 143 Å². The van der Waals surface area contributed by atoms with Crippen molar-refractivity contribution in [3.63, 3.8) is 0 Å². The zero-order valence-electron chi connectivity index (χ0n) is 11.7. The highest BCUT2D eigenvalue weighted by Crippen LogP contribution is 2.43. The lowest BCUT2D eigenvalue weighted by Gasteiger charge is -2.22. The van der Waals surface area contributed by atoms with Gasteiger partial charge in [-0.3, -0.25) is 5.43 Å². The minimum absolute atomic E-state index is 0.0416. The lowest BCUT2D eigenvalue weighted by molar-refractivity contribution is 0.584. The van der Waals surface area contributed by atoms with E-state index < -0.39 is 17.5 Å². The number of hydrogen-bond acceptors (Lipinski definition) is 3. The van der Waals surface area contributed by atoms with E-state index in [0.29, 0.717) is 16.9 Å². The van der Waals surface area contributed by atoms with Gasteiger partial charge in [-0.05, 0) is 18.2 Å². The summed E-state index contributed by atoms with van der Waals surface area (Å²) in [7, 11) is 0. The molecule has 0 spiro atoms. The van der Waals surface area contributed by atoms with Gasteiger partial charge in [-0.2, -0.15) is 4.79 Å². The molecule has 2 aromatic carbocycles. The topological polar surface area (TPSA) is 41.9 Å². The second kappa shape index (κ2) is 5.32. The van der Waals surface area contributed by atoms with Crippen LogP contribution in [-0.4, -0.2) is 9.89 Å². The number of nitrogens with one attached hydrogen (secondary N) is 2. The number of aromatic nitrogens is 2. The summed E-state index contributed by atoms with van der Waals surface area (Å²) in [6.07, 6.45) is 0. The van der Waals surface area contributed by atoms with Crippen LogP contribution in [0.2, 0.25) is 10.2 Å². The molecule has 0 unspecified atom stereocenters. The predicted octanol–water partition coefficient (Wildman–Crippen LogP) is 5.21. The van der Waals surface area contributed by atoms with E-state index in [0.717, 1.165) is 18.2 Å². The van der Waals surface area contributed by atoms with Crippen molar-refractivity contribution in [2.24, 2.45) is 0 Å². The normalized spacial score (nSPS) is 12.2. The SMILES string of the molecule is Fc1ccc(-c2c(Cl)nn3c2Nc2c(F)cc(F)cc2N3)c(Cl)c1. The van der Waals surface area contributed by atoms with Crippen molar-refractivity contribution in [1.82, 2.24) is 9.89 Å². The zero-order chi connectivity index (χ0) is 17.0. The molecule has 1 aromatic heterocycles. The molecule has 2 N–H and O–H groups in total. The Hall–Kier alpha value is -2.38. The Balaban J connectivity index is 1.89. The van der Waals surface area contributed by atoms with Gasteiger partial charge in [0, 0.05) is 17.7 Å². The van der Waals surface area contributed by atoms with Crippen LogP contribution in [0.15, 0.2) is 30.3 Å². The molecule has 24 heavy (non-hydrogen) atoms. The van der Waals surface area contributed by atoms with E-state index in [2.05, 4.69) is 15.8 Å². The molecule has 0 saturated heterocycles. The molecule has 4 nitrogen and oxygen atoms in total. The number of hydrogen-bond donors (Lipinski definition) is 2. The van der Waals surface area contributed by atoms with Crippen LogP contribution in [0, 0.1) is 17.5 Å². The second-order valence-corrected chi connectivity index (χ2v) is 5.86. The fourth-order valence-corrected chi connectivity index (χ4v) is 3.07. The van der Waals surface area contributed by atoms with Crippen LogP contribution in [0.1, 0.15) is 0 Å². The largest absolute Gasteiger partial charge is 0.334 e. The van der Waals surface area contributed by atoms with Crippen LogP contribution in [0.3, 0.4) is 0 Å². The van der Waals surface area contributed by atoms with Gasteiger partial charge in [0.05, 0.1) is 16.3 Å². The third kappa shape index (κ3) is 2.28. The summed E-state index contributed by atoms with van der Waals surface area (Å²) in [5, 5.41) is 7.07. The average Bonchev–Trinajstić information content (AvgIpc) is 2.80. The number of nitrogens with zero attached hydrogens (tertiary/aromatic N) is 2. The number of benzene rings is 2. The molecular weight excluding hydrogens is 364 g/mol. The lowest BCUT2D eigenvalue weighted by Crippen LogP contribution is -2.20. The fraction of sp³-hybridized carbons (Fsp3) is 0. The third-order valence-electron chi connectivity index (χ3n) is 3.57. The first-order valence-corrected chi connectivity index (χ1v) is 7.46. The number of rotatable bonds is 1. The van der Waals surface area contributed by atoms with E-state index in [4.69, 9.17) is 23.2 Å². The minimum atomic E-state index is -0.780. The van der Waals surface area contributed by atoms with Crippen LogP contribution < -0.4 is 10.7 Å². The summed E-state index contributed by atoms with van der Waals surface area (Å²) in [5.41, 5.74) is 3.74. The predicted molar refractivity (Wildman–Crippen MR) is 86.3 cm³/mol. The zero-order valence-corrected chi connectivity index (χ0v) is 13.2. The number of halogens is 5. The smallest absolute Gasteiger partial charge is 0.163 e. The molecule has 0 bridgehead atoms. The summed E-state index contributed by atoms with van der Waals surface area (Å²) < 4.78 is 40.6. The maximum atomic E-state index is 14.0. The monoisotopic (exact) mass is 370 g/mol. The van der Waals surface area contributed by atoms with E-state index in [-0.39, 0.29) is 21.6 Å². The van der Waals surface area contributed by atoms with Crippen LogP contribution in [-0.2, 0) is 0 Å². The van der Waals surface area contributed by atoms with E-state index in [1.165, 1.54) is 16.9 Å². The van der Waals surface area contributed by atoms with Gasteiger partial charge in [0.15, 0.2) is 16.8 Å². The average molecular weight is 371 g/mol. The van der Waals surface area contributed by atoms with Crippen molar-refractivity contribution >= 4 is 40.4 Å². The van der Waals surface area contributed by atoms with Gasteiger partial charge in [-0.15, -0.1) is 5.10 Å². The summed E-state index contributed by atoms with van der Waals surface area (Å²) in [5.74, 6) is -1.72. The molecule has 1 aliphatic heterocycles. The Bertz CT molecular complexity index is 987. The summed E-state index contributed by atoms with van der Waals surface area (Å²) in [6, 6.07) is 5.68. The van der Waals surface area contributed by atoms with Crippen molar-refractivity contribution < 1.29 is 13.2 Å². The molecule has 1 aliphatic rings. The van der Waals surface area contributed by atoms with Gasteiger partial charge in [0.25, 0.3) is 0 Å². The third-order valence-corrected chi connectivity index (χ3v) is 4.15. The molecule has 122 valence electrons. The van der Waals surface area contributed by atoms with E-state index in [9.17, 15) is 13.2 Å². The van der Waals surface area contributed by atoms with Gasteiger partial charge in [-0.1, -0.05) is 23.2 Å². The van der Waals surface area contributed by atoms with Gasteiger partial charge >= 0.3 is 0 Å².